The number of carbonyl (C=O) groups excluding carboxylic acids is 1. The van der Waals surface area contributed by atoms with Crippen LogP contribution >= 0.6 is 11.8 Å². The van der Waals surface area contributed by atoms with E-state index in [1.807, 2.05) is 6.07 Å². The van der Waals surface area contributed by atoms with E-state index in [0.29, 0.717) is 5.75 Å². The third-order valence-electron chi connectivity index (χ3n) is 5.29. The number of hydrogen-bond acceptors (Lipinski definition) is 6. The number of hydrogen-bond donors (Lipinski definition) is 1. The van der Waals surface area contributed by atoms with Gasteiger partial charge in [-0.05, 0) is 24.1 Å². The van der Waals surface area contributed by atoms with Crippen LogP contribution in [0.25, 0.3) is 0 Å². The lowest BCUT2D eigenvalue weighted by Gasteiger charge is -2.33. The summed E-state index contributed by atoms with van der Waals surface area (Å²) in [4.78, 5) is 24.7. The van der Waals surface area contributed by atoms with E-state index in [-0.39, 0.29) is 11.0 Å². The second kappa shape index (κ2) is 9.13. The number of aromatic carboxylic acids is 1. The minimum atomic E-state index is -1.15. The van der Waals surface area contributed by atoms with E-state index in [1.165, 1.54) is 11.8 Å². The SMILES string of the molecule is CC[NH+]1CCN(c2cc(C(C)(C)C)nc(SCc3cccc(C(=O)[O-])c3)n2)CC1. The van der Waals surface area contributed by atoms with Crippen LogP contribution in [0.4, 0.5) is 5.82 Å². The first kappa shape index (κ1) is 21.6. The predicted octanol–water partition coefficient (Wildman–Crippen LogP) is 1.15. The van der Waals surface area contributed by atoms with Gasteiger partial charge in [-0.15, -0.1) is 0 Å². The van der Waals surface area contributed by atoms with Crippen LogP contribution in [-0.2, 0) is 11.2 Å². The second-order valence-corrected chi connectivity index (χ2v) is 9.45. The average Bonchev–Trinajstić information content (AvgIpc) is 2.71. The summed E-state index contributed by atoms with van der Waals surface area (Å²) < 4.78 is 0. The molecule has 0 spiro atoms. The molecule has 2 aromatic rings. The summed E-state index contributed by atoms with van der Waals surface area (Å²) in [5, 5.41) is 11.8. The quantitative estimate of drug-likeness (QED) is 0.565. The van der Waals surface area contributed by atoms with Gasteiger partial charge in [-0.1, -0.05) is 50.7 Å². The van der Waals surface area contributed by atoms with Crippen molar-refractivity contribution in [2.24, 2.45) is 0 Å². The summed E-state index contributed by atoms with van der Waals surface area (Å²) in [6, 6.07) is 8.99. The van der Waals surface area contributed by atoms with Crippen molar-refractivity contribution in [1.82, 2.24) is 9.97 Å². The third-order valence-corrected chi connectivity index (χ3v) is 6.20. The van der Waals surface area contributed by atoms with Gasteiger partial charge < -0.3 is 19.7 Å². The first-order valence-corrected chi connectivity index (χ1v) is 11.2. The van der Waals surface area contributed by atoms with Gasteiger partial charge in [0.25, 0.3) is 0 Å². The van der Waals surface area contributed by atoms with Crippen LogP contribution in [0.5, 0.6) is 0 Å². The van der Waals surface area contributed by atoms with Crippen LogP contribution in [0, 0.1) is 0 Å². The van der Waals surface area contributed by atoms with Crippen LogP contribution in [-0.4, -0.2) is 48.7 Å². The molecule has 2 heterocycles. The molecule has 0 amide bonds. The first-order chi connectivity index (χ1) is 13.8. The number of aromatic nitrogens is 2. The summed E-state index contributed by atoms with van der Waals surface area (Å²) in [7, 11) is 0. The molecular weight excluding hydrogens is 384 g/mol. The molecule has 0 unspecified atom stereocenters. The van der Waals surface area contributed by atoms with E-state index in [0.717, 1.165) is 55.0 Å². The van der Waals surface area contributed by atoms with Gasteiger partial charge in [0.05, 0.1) is 44.4 Å². The summed E-state index contributed by atoms with van der Waals surface area (Å²) in [6.07, 6.45) is 0. The van der Waals surface area contributed by atoms with Gasteiger partial charge in [-0.3, -0.25) is 0 Å². The lowest BCUT2D eigenvalue weighted by atomic mass is 9.92. The highest BCUT2D eigenvalue weighted by molar-refractivity contribution is 7.98. The number of benzene rings is 1. The van der Waals surface area contributed by atoms with Crippen LogP contribution in [0.2, 0.25) is 0 Å². The third kappa shape index (κ3) is 5.70. The van der Waals surface area contributed by atoms with Crippen molar-refractivity contribution in [2.45, 2.75) is 44.0 Å². The fourth-order valence-corrected chi connectivity index (χ4v) is 4.16. The number of carboxylic acids is 1. The molecule has 0 bridgehead atoms. The molecule has 1 aromatic heterocycles. The first-order valence-electron chi connectivity index (χ1n) is 10.2. The number of nitrogens with zero attached hydrogens (tertiary/aromatic N) is 3. The van der Waals surface area contributed by atoms with E-state index < -0.39 is 5.97 Å². The number of quaternary nitrogens is 1. The molecule has 0 saturated carbocycles. The lowest BCUT2D eigenvalue weighted by Crippen LogP contribution is -3.14. The van der Waals surface area contributed by atoms with E-state index >= 15 is 0 Å². The standard InChI is InChI=1S/C22H30N4O2S/c1-5-25-9-11-26(12-10-25)19-14-18(22(2,3)4)23-21(24-19)29-15-16-7-6-8-17(13-16)20(27)28/h6-8,13-14H,5,9-12,15H2,1-4H3,(H,27,28). The number of carbonyl (C=O) groups is 1. The Morgan fingerprint density at radius 2 is 1.93 bits per heavy atom. The Labute approximate surface area is 177 Å². The van der Waals surface area contributed by atoms with Crippen LogP contribution in [0.15, 0.2) is 35.5 Å². The smallest absolute Gasteiger partial charge is 0.190 e. The Morgan fingerprint density at radius 1 is 1.21 bits per heavy atom. The maximum absolute atomic E-state index is 11.1. The van der Waals surface area contributed by atoms with Crippen LogP contribution in [0.3, 0.4) is 0 Å². The number of rotatable bonds is 6. The van der Waals surface area contributed by atoms with Gasteiger partial charge in [0.1, 0.15) is 5.82 Å². The number of anilines is 1. The lowest BCUT2D eigenvalue weighted by molar-refractivity contribution is -0.898. The highest BCUT2D eigenvalue weighted by Crippen LogP contribution is 2.28. The Kier molecular flexibility index (Phi) is 6.80. The van der Waals surface area contributed by atoms with Crippen molar-refractivity contribution in [2.75, 3.05) is 37.6 Å². The number of piperazine rings is 1. The van der Waals surface area contributed by atoms with Gasteiger partial charge >= 0.3 is 0 Å². The van der Waals surface area contributed by atoms with Crippen molar-refractivity contribution in [3.8, 4) is 0 Å². The van der Waals surface area contributed by atoms with Crippen LogP contribution < -0.4 is 14.9 Å². The normalized spacial score (nSPS) is 15.5. The highest BCUT2D eigenvalue weighted by Gasteiger charge is 2.24. The maximum Gasteiger partial charge on any atom is 0.190 e. The number of carboxylic acid groups (broad SMARTS) is 1. The van der Waals surface area contributed by atoms with Crippen molar-refractivity contribution >= 4 is 23.5 Å². The fourth-order valence-electron chi connectivity index (χ4n) is 3.37. The van der Waals surface area contributed by atoms with Crippen molar-refractivity contribution < 1.29 is 14.8 Å². The number of thioether (sulfide) groups is 1. The van der Waals surface area contributed by atoms with Gasteiger partial charge in [0.15, 0.2) is 5.16 Å². The molecule has 3 rings (SSSR count). The molecule has 0 aliphatic carbocycles. The summed E-state index contributed by atoms with van der Waals surface area (Å²) >= 11 is 1.54. The van der Waals surface area contributed by atoms with E-state index in [4.69, 9.17) is 9.97 Å². The zero-order valence-corrected chi connectivity index (χ0v) is 18.5. The topological polar surface area (TPSA) is 73.6 Å². The number of likely N-dealkylation sites (N-methyl/N-ethyl adjacent to an activating group) is 1. The Balaban J connectivity index is 1.80. The van der Waals surface area contributed by atoms with Crippen molar-refractivity contribution in [1.29, 1.82) is 0 Å². The van der Waals surface area contributed by atoms with Gasteiger partial charge in [0, 0.05) is 17.2 Å². The molecule has 1 aliphatic heterocycles. The van der Waals surface area contributed by atoms with Gasteiger partial charge in [-0.2, -0.15) is 0 Å². The fraction of sp³-hybridized carbons (Fsp3) is 0.500. The van der Waals surface area contributed by atoms with Gasteiger partial charge in [0.2, 0.25) is 0 Å². The molecule has 7 heteroatoms. The van der Waals surface area contributed by atoms with E-state index in [2.05, 4.69) is 38.7 Å². The molecule has 0 atom stereocenters. The molecule has 156 valence electrons. The van der Waals surface area contributed by atoms with Gasteiger partial charge in [-0.25, -0.2) is 9.97 Å². The highest BCUT2D eigenvalue weighted by atomic mass is 32.2. The minimum Gasteiger partial charge on any atom is -0.545 e. The van der Waals surface area contributed by atoms with Crippen LogP contribution in [0.1, 0.15) is 49.3 Å². The summed E-state index contributed by atoms with van der Waals surface area (Å²) in [5.41, 5.74) is 2.07. The van der Waals surface area contributed by atoms with Crippen molar-refractivity contribution in [3.63, 3.8) is 0 Å². The molecule has 0 radical (unpaired) electrons. The van der Waals surface area contributed by atoms with Crippen molar-refractivity contribution in [3.05, 3.63) is 47.2 Å². The zero-order valence-electron chi connectivity index (χ0n) is 17.7. The Morgan fingerprint density at radius 3 is 2.55 bits per heavy atom. The Hall–Kier alpha value is -2.12. The molecule has 1 aromatic carbocycles. The summed E-state index contributed by atoms with van der Waals surface area (Å²) in [6.45, 7) is 14.1. The molecule has 6 nitrogen and oxygen atoms in total. The minimum absolute atomic E-state index is 0.0710. The molecule has 1 saturated heterocycles. The maximum atomic E-state index is 11.1. The monoisotopic (exact) mass is 414 g/mol. The van der Waals surface area contributed by atoms with E-state index in [1.54, 1.807) is 23.1 Å². The molecular formula is C22H30N4O2S. The molecule has 1 aliphatic rings. The second-order valence-electron chi connectivity index (χ2n) is 8.51. The van der Waals surface area contributed by atoms with E-state index in [9.17, 15) is 9.90 Å². The molecule has 1 fully saturated rings. The number of nitrogens with one attached hydrogen (secondary N) is 1. The Bertz CT molecular complexity index is 858. The summed E-state index contributed by atoms with van der Waals surface area (Å²) in [5.74, 6) is 0.451. The molecule has 1 N–H and O–H groups in total. The molecule has 29 heavy (non-hydrogen) atoms. The predicted molar refractivity (Wildman–Crippen MR) is 115 cm³/mol. The average molecular weight is 415 g/mol. The zero-order chi connectivity index (χ0) is 21.0. The largest absolute Gasteiger partial charge is 0.545 e.